The molecule has 0 aliphatic heterocycles. The molecule has 2 heterocycles. The third kappa shape index (κ3) is 3.53. The molecule has 0 saturated carbocycles. The molecule has 1 N–H and O–H groups in total. The smallest absolute Gasteiger partial charge is 0.261 e. The molecular formula is C16H21N3OS. The van der Waals surface area contributed by atoms with E-state index in [2.05, 4.69) is 23.3 Å². The van der Waals surface area contributed by atoms with E-state index >= 15 is 0 Å². The van der Waals surface area contributed by atoms with Crippen molar-refractivity contribution in [1.29, 1.82) is 0 Å². The van der Waals surface area contributed by atoms with Crippen LogP contribution in [0, 0.1) is 5.92 Å². The Kier molecular flexibility index (Phi) is 4.39. The van der Waals surface area contributed by atoms with E-state index in [1.54, 1.807) is 23.9 Å². The molecule has 112 valence electrons. The zero-order valence-electron chi connectivity index (χ0n) is 12.3. The molecule has 1 amide bonds. The SMILES string of the molecule is C[C@H]1CCc2sc(C(=O)NCCCn3ccnc3)cc2C1. The summed E-state index contributed by atoms with van der Waals surface area (Å²) in [5.41, 5.74) is 1.39. The topological polar surface area (TPSA) is 46.9 Å². The van der Waals surface area contributed by atoms with Crippen LogP contribution in [0.1, 0.15) is 39.9 Å². The lowest BCUT2D eigenvalue weighted by molar-refractivity contribution is 0.0956. The fourth-order valence-corrected chi connectivity index (χ4v) is 3.91. The first kappa shape index (κ1) is 14.3. The first-order valence-electron chi connectivity index (χ1n) is 7.58. The Morgan fingerprint density at radius 1 is 1.57 bits per heavy atom. The molecule has 0 bridgehead atoms. The van der Waals surface area contributed by atoms with Gasteiger partial charge in [0.2, 0.25) is 0 Å². The van der Waals surface area contributed by atoms with Crippen molar-refractivity contribution < 1.29 is 4.79 Å². The Labute approximate surface area is 129 Å². The van der Waals surface area contributed by atoms with Crippen molar-refractivity contribution in [2.24, 2.45) is 5.92 Å². The number of imidazole rings is 1. The number of aromatic nitrogens is 2. The number of aryl methyl sites for hydroxylation is 2. The quantitative estimate of drug-likeness (QED) is 0.863. The third-order valence-electron chi connectivity index (χ3n) is 3.99. The highest BCUT2D eigenvalue weighted by atomic mass is 32.1. The van der Waals surface area contributed by atoms with E-state index in [0.29, 0.717) is 6.54 Å². The summed E-state index contributed by atoms with van der Waals surface area (Å²) in [6.45, 7) is 3.88. The van der Waals surface area contributed by atoms with E-state index in [1.165, 1.54) is 16.9 Å². The van der Waals surface area contributed by atoms with Crippen molar-refractivity contribution in [3.05, 3.63) is 40.1 Å². The molecule has 1 atom stereocenters. The second kappa shape index (κ2) is 6.43. The molecule has 21 heavy (non-hydrogen) atoms. The van der Waals surface area contributed by atoms with Crippen LogP contribution >= 0.6 is 11.3 Å². The number of amides is 1. The molecule has 1 aliphatic carbocycles. The molecule has 0 unspecified atom stereocenters. The van der Waals surface area contributed by atoms with E-state index in [-0.39, 0.29) is 5.91 Å². The van der Waals surface area contributed by atoms with Crippen LogP contribution < -0.4 is 5.32 Å². The molecule has 0 fully saturated rings. The van der Waals surface area contributed by atoms with Gasteiger partial charge in [0.1, 0.15) is 0 Å². The monoisotopic (exact) mass is 303 g/mol. The standard InChI is InChI=1S/C16H21N3OS/c1-12-3-4-14-13(9-12)10-15(21-14)16(20)18-5-2-7-19-8-6-17-11-19/h6,8,10-12H,2-5,7,9H2,1H3,(H,18,20)/t12-/m0/s1. The fourth-order valence-electron chi connectivity index (χ4n) is 2.79. The molecule has 0 saturated heterocycles. The Morgan fingerprint density at radius 2 is 2.48 bits per heavy atom. The Bertz CT molecular complexity index is 603. The predicted octanol–water partition coefficient (Wildman–Crippen LogP) is 2.89. The number of hydrogen-bond donors (Lipinski definition) is 1. The van der Waals surface area contributed by atoms with Gasteiger partial charge in [-0.1, -0.05) is 6.92 Å². The van der Waals surface area contributed by atoms with Crippen molar-refractivity contribution in [3.8, 4) is 0 Å². The second-order valence-corrected chi connectivity index (χ2v) is 6.95. The van der Waals surface area contributed by atoms with E-state index in [1.807, 2.05) is 10.8 Å². The van der Waals surface area contributed by atoms with Gasteiger partial charge in [0.25, 0.3) is 5.91 Å². The molecule has 0 aromatic carbocycles. The summed E-state index contributed by atoms with van der Waals surface area (Å²) in [5.74, 6) is 0.825. The van der Waals surface area contributed by atoms with Crippen LogP contribution in [0.15, 0.2) is 24.8 Å². The van der Waals surface area contributed by atoms with Crippen LogP contribution in [0.5, 0.6) is 0 Å². The van der Waals surface area contributed by atoms with Gasteiger partial charge < -0.3 is 9.88 Å². The van der Waals surface area contributed by atoms with Crippen LogP contribution in [-0.2, 0) is 19.4 Å². The normalized spacial score (nSPS) is 17.5. The van der Waals surface area contributed by atoms with Crippen LogP contribution in [0.4, 0.5) is 0 Å². The summed E-state index contributed by atoms with van der Waals surface area (Å²) in [7, 11) is 0. The van der Waals surface area contributed by atoms with E-state index in [4.69, 9.17) is 0 Å². The lowest BCUT2D eigenvalue weighted by Gasteiger charge is -2.16. The Balaban J connectivity index is 1.49. The van der Waals surface area contributed by atoms with Gasteiger partial charge in [-0.3, -0.25) is 4.79 Å². The molecule has 5 heteroatoms. The number of nitrogens with zero attached hydrogens (tertiary/aromatic N) is 2. The van der Waals surface area contributed by atoms with Gasteiger partial charge in [-0.25, -0.2) is 4.98 Å². The summed E-state index contributed by atoms with van der Waals surface area (Å²) in [6.07, 6.45) is 9.95. The molecular weight excluding hydrogens is 282 g/mol. The van der Waals surface area contributed by atoms with Crippen molar-refractivity contribution in [1.82, 2.24) is 14.9 Å². The van der Waals surface area contributed by atoms with Gasteiger partial charge in [0.05, 0.1) is 11.2 Å². The minimum absolute atomic E-state index is 0.0766. The average Bonchev–Trinajstić information content (AvgIpc) is 3.11. The zero-order chi connectivity index (χ0) is 14.7. The highest BCUT2D eigenvalue weighted by molar-refractivity contribution is 7.14. The summed E-state index contributed by atoms with van der Waals surface area (Å²) in [5, 5.41) is 3.02. The summed E-state index contributed by atoms with van der Waals surface area (Å²) in [4.78, 5) is 18.5. The number of carbonyl (C=O) groups is 1. The molecule has 2 aromatic rings. The highest BCUT2D eigenvalue weighted by Gasteiger charge is 2.20. The number of nitrogens with one attached hydrogen (secondary N) is 1. The number of hydrogen-bond acceptors (Lipinski definition) is 3. The molecule has 4 nitrogen and oxygen atoms in total. The van der Waals surface area contributed by atoms with Crippen molar-refractivity contribution >= 4 is 17.2 Å². The van der Waals surface area contributed by atoms with E-state index < -0.39 is 0 Å². The molecule has 1 aliphatic rings. The van der Waals surface area contributed by atoms with Crippen molar-refractivity contribution in [3.63, 3.8) is 0 Å². The number of rotatable bonds is 5. The Morgan fingerprint density at radius 3 is 3.29 bits per heavy atom. The van der Waals surface area contributed by atoms with Gasteiger partial charge >= 0.3 is 0 Å². The maximum Gasteiger partial charge on any atom is 0.261 e. The van der Waals surface area contributed by atoms with Gasteiger partial charge in [-0.15, -0.1) is 11.3 Å². The first-order chi connectivity index (χ1) is 10.2. The second-order valence-electron chi connectivity index (χ2n) is 5.82. The van der Waals surface area contributed by atoms with Gasteiger partial charge in [-0.05, 0) is 43.2 Å². The lowest BCUT2D eigenvalue weighted by Crippen LogP contribution is -2.24. The number of thiophene rings is 1. The van der Waals surface area contributed by atoms with Crippen molar-refractivity contribution in [2.75, 3.05) is 6.54 Å². The van der Waals surface area contributed by atoms with Gasteiger partial charge in [-0.2, -0.15) is 0 Å². The van der Waals surface area contributed by atoms with Crippen LogP contribution in [0.2, 0.25) is 0 Å². The summed E-state index contributed by atoms with van der Waals surface area (Å²) >= 11 is 1.67. The van der Waals surface area contributed by atoms with Crippen molar-refractivity contribution in [2.45, 2.75) is 39.2 Å². The molecule has 0 spiro atoms. The average molecular weight is 303 g/mol. The molecule has 3 rings (SSSR count). The van der Waals surface area contributed by atoms with Crippen LogP contribution in [0.25, 0.3) is 0 Å². The maximum absolute atomic E-state index is 12.2. The minimum atomic E-state index is 0.0766. The third-order valence-corrected chi connectivity index (χ3v) is 5.23. The minimum Gasteiger partial charge on any atom is -0.351 e. The van der Waals surface area contributed by atoms with Crippen LogP contribution in [0.3, 0.4) is 0 Å². The van der Waals surface area contributed by atoms with Crippen LogP contribution in [-0.4, -0.2) is 22.0 Å². The highest BCUT2D eigenvalue weighted by Crippen LogP contribution is 2.32. The fraction of sp³-hybridized carbons (Fsp3) is 0.500. The molecule has 0 radical (unpaired) electrons. The first-order valence-corrected chi connectivity index (χ1v) is 8.39. The van der Waals surface area contributed by atoms with Gasteiger partial charge in [0, 0.05) is 30.4 Å². The van der Waals surface area contributed by atoms with Gasteiger partial charge in [0.15, 0.2) is 0 Å². The Hall–Kier alpha value is -1.62. The molecule has 2 aromatic heterocycles. The summed E-state index contributed by atoms with van der Waals surface area (Å²) in [6, 6.07) is 2.10. The summed E-state index contributed by atoms with van der Waals surface area (Å²) < 4.78 is 2.03. The van der Waals surface area contributed by atoms with E-state index in [0.717, 1.165) is 36.6 Å². The largest absolute Gasteiger partial charge is 0.351 e. The number of fused-ring (bicyclic) bond motifs is 1. The zero-order valence-corrected chi connectivity index (χ0v) is 13.2. The maximum atomic E-state index is 12.2. The predicted molar refractivity (Wildman–Crippen MR) is 84.7 cm³/mol. The lowest BCUT2D eigenvalue weighted by atomic mass is 9.90. The number of carbonyl (C=O) groups excluding carboxylic acids is 1. The van der Waals surface area contributed by atoms with E-state index in [9.17, 15) is 4.79 Å².